The van der Waals surface area contributed by atoms with E-state index in [0.717, 1.165) is 38.9 Å². The molecule has 0 aliphatic carbocycles. The standard InChI is InChI=1S/C13H24ClN5/c1-4-7-16-13-17-10-11(14)12(18-13)15-8-5-6-9-19(2)3/h10H,4-9H2,1-3H3,(H2,15,16,17,18). The van der Waals surface area contributed by atoms with Gasteiger partial charge in [0.05, 0.1) is 6.20 Å². The van der Waals surface area contributed by atoms with Gasteiger partial charge in [-0.05, 0) is 39.9 Å². The number of aromatic nitrogens is 2. The van der Waals surface area contributed by atoms with Crippen molar-refractivity contribution in [3.8, 4) is 0 Å². The van der Waals surface area contributed by atoms with Crippen molar-refractivity contribution >= 4 is 23.4 Å². The normalized spacial score (nSPS) is 10.8. The summed E-state index contributed by atoms with van der Waals surface area (Å²) in [6.07, 6.45) is 4.92. The molecule has 1 rings (SSSR count). The van der Waals surface area contributed by atoms with Gasteiger partial charge in [-0.25, -0.2) is 4.98 Å². The van der Waals surface area contributed by atoms with Gasteiger partial charge in [0.1, 0.15) is 10.8 Å². The van der Waals surface area contributed by atoms with E-state index in [-0.39, 0.29) is 0 Å². The van der Waals surface area contributed by atoms with E-state index < -0.39 is 0 Å². The lowest BCUT2D eigenvalue weighted by atomic mass is 10.3. The van der Waals surface area contributed by atoms with Crippen LogP contribution in [0, 0.1) is 0 Å². The van der Waals surface area contributed by atoms with Gasteiger partial charge >= 0.3 is 0 Å². The molecule has 0 aliphatic heterocycles. The highest BCUT2D eigenvalue weighted by Gasteiger charge is 2.04. The van der Waals surface area contributed by atoms with Crippen molar-refractivity contribution < 1.29 is 0 Å². The van der Waals surface area contributed by atoms with Crippen molar-refractivity contribution in [2.24, 2.45) is 0 Å². The monoisotopic (exact) mass is 285 g/mol. The third-order valence-electron chi connectivity index (χ3n) is 2.60. The Morgan fingerprint density at radius 2 is 2.00 bits per heavy atom. The number of nitrogens with one attached hydrogen (secondary N) is 2. The molecule has 0 aliphatic rings. The lowest BCUT2D eigenvalue weighted by Gasteiger charge is -2.11. The van der Waals surface area contributed by atoms with Crippen LogP contribution in [0.1, 0.15) is 26.2 Å². The fourth-order valence-corrected chi connectivity index (χ4v) is 1.73. The fourth-order valence-electron chi connectivity index (χ4n) is 1.57. The summed E-state index contributed by atoms with van der Waals surface area (Å²) in [5.74, 6) is 1.34. The zero-order valence-electron chi connectivity index (χ0n) is 12.0. The molecule has 108 valence electrons. The average Bonchev–Trinajstić information content (AvgIpc) is 2.38. The van der Waals surface area contributed by atoms with Crippen molar-refractivity contribution in [1.29, 1.82) is 0 Å². The first-order valence-electron chi connectivity index (χ1n) is 6.78. The molecule has 0 saturated heterocycles. The van der Waals surface area contributed by atoms with Crippen LogP contribution in [-0.4, -0.2) is 48.6 Å². The summed E-state index contributed by atoms with van der Waals surface area (Å²) in [4.78, 5) is 10.7. The third kappa shape index (κ3) is 6.59. The molecule has 19 heavy (non-hydrogen) atoms. The van der Waals surface area contributed by atoms with Crippen LogP contribution in [0.2, 0.25) is 5.02 Å². The Kier molecular flexibility index (Phi) is 7.52. The van der Waals surface area contributed by atoms with Gasteiger partial charge in [-0.15, -0.1) is 0 Å². The first-order valence-corrected chi connectivity index (χ1v) is 7.16. The minimum atomic E-state index is 0.564. The van der Waals surface area contributed by atoms with Gasteiger partial charge in [0.15, 0.2) is 0 Å². The molecule has 0 amide bonds. The Morgan fingerprint density at radius 3 is 2.68 bits per heavy atom. The van der Waals surface area contributed by atoms with Crippen LogP contribution in [-0.2, 0) is 0 Å². The number of rotatable bonds is 9. The predicted molar refractivity (Wildman–Crippen MR) is 82.1 cm³/mol. The predicted octanol–water partition coefficient (Wildman–Crippen LogP) is 2.71. The smallest absolute Gasteiger partial charge is 0.224 e. The molecule has 1 aromatic rings. The Morgan fingerprint density at radius 1 is 1.21 bits per heavy atom. The Hall–Kier alpha value is -1.07. The maximum atomic E-state index is 6.07. The molecule has 0 radical (unpaired) electrons. The van der Waals surface area contributed by atoms with E-state index in [1.807, 2.05) is 0 Å². The van der Waals surface area contributed by atoms with Gasteiger partial charge in [-0.3, -0.25) is 0 Å². The van der Waals surface area contributed by atoms with Gasteiger partial charge in [0.2, 0.25) is 5.95 Å². The Balaban J connectivity index is 2.39. The summed E-state index contributed by atoms with van der Waals surface area (Å²) < 4.78 is 0. The zero-order valence-corrected chi connectivity index (χ0v) is 12.8. The molecule has 0 bridgehead atoms. The van der Waals surface area contributed by atoms with E-state index in [2.05, 4.69) is 46.5 Å². The van der Waals surface area contributed by atoms with E-state index >= 15 is 0 Å². The topological polar surface area (TPSA) is 53.1 Å². The molecule has 0 unspecified atom stereocenters. The summed E-state index contributed by atoms with van der Waals surface area (Å²) in [6, 6.07) is 0. The van der Waals surface area contributed by atoms with Crippen LogP contribution in [0.3, 0.4) is 0 Å². The number of halogens is 1. The van der Waals surface area contributed by atoms with Gasteiger partial charge in [-0.2, -0.15) is 4.98 Å². The van der Waals surface area contributed by atoms with E-state index in [0.29, 0.717) is 16.8 Å². The van der Waals surface area contributed by atoms with Crippen LogP contribution in [0.15, 0.2) is 6.20 Å². The van der Waals surface area contributed by atoms with Crippen molar-refractivity contribution in [2.45, 2.75) is 26.2 Å². The van der Waals surface area contributed by atoms with Gasteiger partial charge in [0, 0.05) is 13.1 Å². The zero-order chi connectivity index (χ0) is 14.1. The quantitative estimate of drug-likeness (QED) is 0.683. The Bertz CT molecular complexity index is 370. The molecule has 1 heterocycles. The van der Waals surface area contributed by atoms with E-state index in [4.69, 9.17) is 11.6 Å². The maximum absolute atomic E-state index is 6.07. The molecule has 1 aromatic heterocycles. The van der Waals surface area contributed by atoms with Crippen LogP contribution >= 0.6 is 11.6 Å². The number of anilines is 2. The number of hydrogen-bond donors (Lipinski definition) is 2. The highest BCUT2D eigenvalue weighted by atomic mass is 35.5. The van der Waals surface area contributed by atoms with Gasteiger partial charge in [-0.1, -0.05) is 18.5 Å². The van der Waals surface area contributed by atoms with Crippen molar-refractivity contribution in [3.63, 3.8) is 0 Å². The number of unbranched alkanes of at least 4 members (excludes halogenated alkanes) is 1. The molecular weight excluding hydrogens is 262 g/mol. The minimum absolute atomic E-state index is 0.564. The van der Waals surface area contributed by atoms with Gasteiger partial charge < -0.3 is 15.5 Å². The Labute approximate surface area is 120 Å². The van der Waals surface area contributed by atoms with Crippen molar-refractivity contribution in [1.82, 2.24) is 14.9 Å². The van der Waals surface area contributed by atoms with Crippen LogP contribution < -0.4 is 10.6 Å². The molecule has 0 spiro atoms. The van der Waals surface area contributed by atoms with Crippen molar-refractivity contribution in [3.05, 3.63) is 11.2 Å². The molecule has 0 fully saturated rings. The molecular formula is C13H24ClN5. The first kappa shape index (κ1) is 16.0. The second-order valence-electron chi connectivity index (χ2n) is 4.75. The van der Waals surface area contributed by atoms with E-state index in [9.17, 15) is 0 Å². The molecule has 0 aromatic carbocycles. The highest BCUT2D eigenvalue weighted by molar-refractivity contribution is 6.32. The van der Waals surface area contributed by atoms with Crippen LogP contribution in [0.25, 0.3) is 0 Å². The second kappa shape index (κ2) is 8.93. The molecule has 2 N–H and O–H groups in total. The lowest BCUT2D eigenvalue weighted by molar-refractivity contribution is 0.396. The van der Waals surface area contributed by atoms with Crippen LogP contribution in [0.4, 0.5) is 11.8 Å². The summed E-state index contributed by atoms with van der Waals surface area (Å²) in [6.45, 7) is 4.94. The summed E-state index contributed by atoms with van der Waals surface area (Å²) in [5.41, 5.74) is 0. The van der Waals surface area contributed by atoms with Gasteiger partial charge in [0.25, 0.3) is 0 Å². The molecule has 0 saturated carbocycles. The van der Waals surface area contributed by atoms with Crippen molar-refractivity contribution in [2.75, 3.05) is 44.4 Å². The number of hydrogen-bond acceptors (Lipinski definition) is 5. The van der Waals surface area contributed by atoms with E-state index in [1.165, 1.54) is 0 Å². The summed E-state index contributed by atoms with van der Waals surface area (Å²) in [5, 5.41) is 6.98. The molecule has 0 atom stereocenters. The van der Waals surface area contributed by atoms with E-state index in [1.54, 1.807) is 6.20 Å². The lowest BCUT2D eigenvalue weighted by Crippen LogP contribution is -2.14. The average molecular weight is 286 g/mol. The SMILES string of the molecule is CCCNc1ncc(Cl)c(NCCCCN(C)C)n1. The second-order valence-corrected chi connectivity index (χ2v) is 5.16. The number of nitrogens with zero attached hydrogens (tertiary/aromatic N) is 3. The third-order valence-corrected chi connectivity index (χ3v) is 2.88. The van der Waals surface area contributed by atoms with Crippen LogP contribution in [0.5, 0.6) is 0 Å². The maximum Gasteiger partial charge on any atom is 0.224 e. The summed E-state index contributed by atoms with van der Waals surface area (Å²) in [7, 11) is 4.17. The largest absolute Gasteiger partial charge is 0.369 e. The fraction of sp³-hybridized carbons (Fsp3) is 0.692. The first-order chi connectivity index (χ1) is 9.13. The molecule has 6 heteroatoms. The molecule has 5 nitrogen and oxygen atoms in total. The summed E-state index contributed by atoms with van der Waals surface area (Å²) >= 11 is 6.07. The minimum Gasteiger partial charge on any atom is -0.369 e. The highest BCUT2D eigenvalue weighted by Crippen LogP contribution is 2.19.